The van der Waals surface area contributed by atoms with Crippen LogP contribution in [0.25, 0.3) is 10.4 Å². The largest absolute Gasteiger partial charge is 0.497 e. The van der Waals surface area contributed by atoms with Gasteiger partial charge in [0.05, 0.1) is 19.9 Å². The molecule has 0 bridgehead atoms. The number of methoxy groups -OCH3 is 2. The fraction of sp³-hybridized carbons (Fsp3) is 0.368. The van der Waals surface area contributed by atoms with E-state index in [1.54, 1.807) is 32.4 Å². The lowest BCUT2D eigenvalue weighted by Crippen LogP contribution is -2.45. The summed E-state index contributed by atoms with van der Waals surface area (Å²) in [5.41, 5.74) is 6.43. The van der Waals surface area contributed by atoms with E-state index in [0.29, 0.717) is 22.1 Å². The number of benzene rings is 1. The van der Waals surface area contributed by atoms with Crippen LogP contribution in [0.5, 0.6) is 11.5 Å². The molecule has 1 fully saturated rings. The number of ether oxygens (including phenoxy) is 2. The van der Waals surface area contributed by atoms with Crippen LogP contribution in [0, 0.1) is 0 Å². The molecule has 2 heterocycles. The number of nitrogens with two attached hydrogens (primary N) is 1. The lowest BCUT2D eigenvalue weighted by Gasteiger charge is -2.23. The van der Waals surface area contributed by atoms with E-state index in [0.717, 1.165) is 36.4 Å². The van der Waals surface area contributed by atoms with Gasteiger partial charge < -0.3 is 31.2 Å². The van der Waals surface area contributed by atoms with E-state index in [-0.39, 0.29) is 11.9 Å². The standard InChI is InChI=1S/C19H24N4O4S/c1-26-12-5-6-15(27-2)13(8-12)16-9-14(23-19(20)25)17(28-16)18(24)22-11-4-3-7-21-10-11/h5-6,8-9,11,21H,3-4,7,10H2,1-2H3,(H,22,24)(H3,20,23,25)/t11-/m0/s1. The molecule has 2 aromatic rings. The van der Waals surface area contributed by atoms with Crippen molar-refractivity contribution in [2.24, 2.45) is 5.73 Å². The summed E-state index contributed by atoms with van der Waals surface area (Å²) >= 11 is 1.26. The highest BCUT2D eigenvalue weighted by molar-refractivity contribution is 7.18. The summed E-state index contributed by atoms with van der Waals surface area (Å²) in [4.78, 5) is 25.4. The second-order valence-electron chi connectivity index (χ2n) is 6.43. The zero-order valence-electron chi connectivity index (χ0n) is 15.8. The number of piperidine rings is 1. The minimum Gasteiger partial charge on any atom is -0.497 e. The molecule has 150 valence electrons. The van der Waals surface area contributed by atoms with Crippen LogP contribution in [-0.4, -0.2) is 45.3 Å². The molecule has 0 unspecified atom stereocenters. The summed E-state index contributed by atoms with van der Waals surface area (Å²) in [6.07, 6.45) is 1.92. The van der Waals surface area contributed by atoms with Gasteiger partial charge in [0.15, 0.2) is 0 Å². The minimum atomic E-state index is -0.727. The molecule has 28 heavy (non-hydrogen) atoms. The number of thiophene rings is 1. The fourth-order valence-electron chi connectivity index (χ4n) is 3.15. The zero-order valence-corrected chi connectivity index (χ0v) is 16.7. The summed E-state index contributed by atoms with van der Waals surface area (Å²) in [5, 5.41) is 8.84. The van der Waals surface area contributed by atoms with Gasteiger partial charge in [0.25, 0.3) is 5.91 Å². The van der Waals surface area contributed by atoms with Crippen molar-refractivity contribution in [1.82, 2.24) is 10.6 Å². The normalized spacial score (nSPS) is 16.3. The maximum absolute atomic E-state index is 12.9. The third kappa shape index (κ3) is 4.55. The summed E-state index contributed by atoms with van der Waals surface area (Å²) < 4.78 is 10.7. The van der Waals surface area contributed by atoms with Crippen LogP contribution < -0.4 is 31.2 Å². The Balaban J connectivity index is 1.95. The highest BCUT2D eigenvalue weighted by atomic mass is 32.1. The second kappa shape index (κ2) is 8.94. The number of hydrogen-bond acceptors (Lipinski definition) is 6. The molecular weight excluding hydrogens is 380 g/mol. The zero-order chi connectivity index (χ0) is 20.1. The van der Waals surface area contributed by atoms with Gasteiger partial charge in [-0.2, -0.15) is 0 Å². The topological polar surface area (TPSA) is 115 Å². The Labute approximate surface area is 167 Å². The Bertz CT molecular complexity index is 862. The van der Waals surface area contributed by atoms with Crippen molar-refractivity contribution in [3.8, 4) is 21.9 Å². The maximum atomic E-state index is 12.9. The van der Waals surface area contributed by atoms with Crippen LogP contribution in [-0.2, 0) is 0 Å². The average molecular weight is 404 g/mol. The van der Waals surface area contributed by atoms with Gasteiger partial charge in [-0.3, -0.25) is 4.79 Å². The molecular formula is C19H24N4O4S. The van der Waals surface area contributed by atoms with E-state index in [1.165, 1.54) is 11.3 Å². The summed E-state index contributed by atoms with van der Waals surface area (Å²) in [5.74, 6) is 1.06. The highest BCUT2D eigenvalue weighted by Gasteiger charge is 2.23. The van der Waals surface area contributed by atoms with E-state index >= 15 is 0 Å². The van der Waals surface area contributed by atoms with Gasteiger partial charge >= 0.3 is 6.03 Å². The van der Waals surface area contributed by atoms with Crippen molar-refractivity contribution in [2.45, 2.75) is 18.9 Å². The maximum Gasteiger partial charge on any atom is 0.316 e. The summed E-state index contributed by atoms with van der Waals surface area (Å²) in [6.45, 7) is 1.69. The molecule has 5 N–H and O–H groups in total. The first kappa shape index (κ1) is 20.0. The van der Waals surface area contributed by atoms with Gasteiger partial charge in [-0.25, -0.2) is 4.79 Å². The molecule has 9 heteroatoms. The third-order valence-corrected chi connectivity index (χ3v) is 5.67. The van der Waals surface area contributed by atoms with Gasteiger partial charge in [0.1, 0.15) is 16.4 Å². The highest BCUT2D eigenvalue weighted by Crippen LogP contribution is 2.41. The van der Waals surface area contributed by atoms with Crippen LogP contribution in [0.4, 0.5) is 10.5 Å². The van der Waals surface area contributed by atoms with Gasteiger partial charge in [-0.05, 0) is 43.7 Å². The van der Waals surface area contributed by atoms with Gasteiger partial charge in [0, 0.05) is 23.0 Å². The molecule has 3 rings (SSSR count). The molecule has 1 atom stereocenters. The van der Waals surface area contributed by atoms with Crippen molar-refractivity contribution < 1.29 is 19.1 Å². The first-order chi connectivity index (χ1) is 13.5. The van der Waals surface area contributed by atoms with Crippen LogP contribution in [0.1, 0.15) is 22.5 Å². The SMILES string of the molecule is COc1ccc(OC)c(-c2cc(NC(N)=O)c(C(=O)N[C@H]3CCCNC3)s2)c1. The number of anilines is 1. The van der Waals surface area contributed by atoms with Crippen molar-refractivity contribution in [1.29, 1.82) is 0 Å². The Morgan fingerprint density at radius 3 is 2.71 bits per heavy atom. The van der Waals surface area contributed by atoms with E-state index < -0.39 is 6.03 Å². The molecule has 0 radical (unpaired) electrons. The number of carbonyl (C=O) groups excluding carboxylic acids is 2. The number of nitrogens with one attached hydrogen (secondary N) is 3. The number of primary amides is 1. The number of hydrogen-bond donors (Lipinski definition) is 4. The van der Waals surface area contributed by atoms with Crippen LogP contribution >= 0.6 is 11.3 Å². The van der Waals surface area contributed by atoms with Crippen LogP contribution in [0.3, 0.4) is 0 Å². The van der Waals surface area contributed by atoms with E-state index in [4.69, 9.17) is 15.2 Å². The average Bonchev–Trinajstić information content (AvgIpc) is 3.11. The molecule has 1 aromatic heterocycles. The predicted octanol–water partition coefficient (Wildman–Crippen LogP) is 2.40. The Kier molecular flexibility index (Phi) is 6.37. The monoisotopic (exact) mass is 404 g/mol. The Hall–Kier alpha value is -2.78. The molecule has 1 aromatic carbocycles. The molecule has 0 aliphatic carbocycles. The first-order valence-corrected chi connectivity index (χ1v) is 9.77. The van der Waals surface area contributed by atoms with Crippen LogP contribution in [0.15, 0.2) is 24.3 Å². The second-order valence-corrected chi connectivity index (χ2v) is 7.48. The lowest BCUT2D eigenvalue weighted by molar-refractivity contribution is 0.0935. The molecule has 0 saturated carbocycles. The number of urea groups is 1. The molecule has 0 spiro atoms. The summed E-state index contributed by atoms with van der Waals surface area (Å²) in [6, 6.07) is 6.46. The van der Waals surface area contributed by atoms with Crippen molar-refractivity contribution >= 4 is 29.0 Å². The Morgan fingerprint density at radius 1 is 1.25 bits per heavy atom. The molecule has 1 aliphatic rings. The predicted molar refractivity (Wildman–Crippen MR) is 109 cm³/mol. The molecule has 3 amide bonds. The molecule has 8 nitrogen and oxygen atoms in total. The number of carbonyl (C=O) groups is 2. The molecule has 1 saturated heterocycles. The number of rotatable bonds is 6. The van der Waals surface area contributed by atoms with Crippen LogP contribution in [0.2, 0.25) is 0 Å². The van der Waals surface area contributed by atoms with Gasteiger partial charge in [-0.1, -0.05) is 0 Å². The Morgan fingerprint density at radius 2 is 2.07 bits per heavy atom. The van der Waals surface area contributed by atoms with Gasteiger partial charge in [0.2, 0.25) is 0 Å². The quantitative estimate of drug-likeness (QED) is 0.590. The minimum absolute atomic E-state index is 0.0552. The lowest BCUT2D eigenvalue weighted by atomic mass is 10.1. The first-order valence-electron chi connectivity index (χ1n) is 8.96. The third-order valence-electron chi connectivity index (χ3n) is 4.50. The smallest absolute Gasteiger partial charge is 0.316 e. The fourth-order valence-corrected chi connectivity index (χ4v) is 4.19. The van der Waals surface area contributed by atoms with E-state index in [2.05, 4.69) is 16.0 Å². The van der Waals surface area contributed by atoms with Crippen molar-refractivity contribution in [3.63, 3.8) is 0 Å². The molecule has 1 aliphatic heterocycles. The van der Waals surface area contributed by atoms with E-state index in [9.17, 15) is 9.59 Å². The number of amides is 3. The van der Waals surface area contributed by atoms with Crippen molar-refractivity contribution in [3.05, 3.63) is 29.1 Å². The summed E-state index contributed by atoms with van der Waals surface area (Å²) in [7, 11) is 3.16. The van der Waals surface area contributed by atoms with Gasteiger partial charge in [-0.15, -0.1) is 11.3 Å². The van der Waals surface area contributed by atoms with E-state index in [1.807, 2.05) is 6.07 Å². The van der Waals surface area contributed by atoms with Crippen molar-refractivity contribution in [2.75, 3.05) is 32.6 Å².